The first-order chi connectivity index (χ1) is 18.7. The number of hydrogen-bond donors (Lipinski definition) is 0. The van der Waals surface area contributed by atoms with Crippen LogP contribution in [0.15, 0.2) is 60.7 Å². The number of benzene rings is 2. The van der Waals surface area contributed by atoms with Crippen molar-refractivity contribution in [3.63, 3.8) is 0 Å². The molecule has 0 amide bonds. The Morgan fingerprint density at radius 2 is 0.795 bits per heavy atom. The predicted octanol–water partition coefficient (Wildman–Crippen LogP) is 11.0. The standard InChI is InChI=1S/2C19H25.Zr/c2*1-3-5-9-16-13-17(10-6-4-2)15-19(14-16)18-11-7-8-12-18;/h2*7,11,13-15H,3-6,8-10H2,1-2H3;/q2*-1;+2. The molecule has 0 fully saturated rings. The second kappa shape index (κ2) is 19.4. The van der Waals surface area contributed by atoms with E-state index in [9.17, 15) is 0 Å². The normalized spacial score (nSPS) is 13.5. The Kier molecular flexibility index (Phi) is 16.6. The predicted molar refractivity (Wildman–Crippen MR) is 168 cm³/mol. The summed E-state index contributed by atoms with van der Waals surface area (Å²) in [6, 6.07) is 14.3. The Labute approximate surface area is 259 Å². The Hall–Kier alpha value is -1.72. The average Bonchev–Trinajstić information content (AvgIpc) is 3.68. The number of rotatable bonds is 14. The average molecular weight is 598 g/mol. The maximum Gasteiger partial charge on any atom is 2.00 e. The summed E-state index contributed by atoms with van der Waals surface area (Å²) in [6.07, 6.45) is 32.7. The van der Waals surface area contributed by atoms with Crippen LogP contribution in [0.2, 0.25) is 0 Å². The summed E-state index contributed by atoms with van der Waals surface area (Å²) in [4.78, 5) is 0. The molecule has 1 heteroatoms. The maximum absolute atomic E-state index is 3.45. The first kappa shape index (κ1) is 33.5. The first-order valence-electron chi connectivity index (χ1n) is 15.5. The van der Waals surface area contributed by atoms with Crippen LogP contribution in [0.1, 0.15) is 125 Å². The van der Waals surface area contributed by atoms with Crippen LogP contribution >= 0.6 is 0 Å². The first-order valence-corrected chi connectivity index (χ1v) is 15.5. The Morgan fingerprint density at radius 1 is 0.487 bits per heavy atom. The molecule has 0 N–H and O–H groups in total. The zero-order valence-corrected chi connectivity index (χ0v) is 27.6. The fourth-order valence-electron chi connectivity index (χ4n) is 5.14. The Bertz CT molecular complexity index is 970. The molecular formula is C38H50Zr. The summed E-state index contributed by atoms with van der Waals surface area (Å²) < 4.78 is 0. The minimum absolute atomic E-state index is 0. The number of hydrogen-bond acceptors (Lipinski definition) is 0. The van der Waals surface area contributed by atoms with Crippen LogP contribution in [0, 0.1) is 12.2 Å². The van der Waals surface area contributed by atoms with Crippen molar-refractivity contribution in [3.8, 4) is 0 Å². The molecule has 0 nitrogen and oxygen atoms in total. The molecule has 0 saturated carbocycles. The van der Waals surface area contributed by atoms with Gasteiger partial charge in [-0.05, 0) is 51.4 Å². The number of allylic oxidation sites excluding steroid dienone is 8. The second-order valence-corrected chi connectivity index (χ2v) is 10.9. The van der Waals surface area contributed by atoms with Gasteiger partial charge in [-0.2, -0.15) is 35.5 Å². The monoisotopic (exact) mass is 596 g/mol. The van der Waals surface area contributed by atoms with Crippen LogP contribution in [-0.2, 0) is 51.9 Å². The summed E-state index contributed by atoms with van der Waals surface area (Å²) in [5, 5.41) is 0. The van der Waals surface area contributed by atoms with Gasteiger partial charge < -0.3 is 0 Å². The van der Waals surface area contributed by atoms with E-state index in [0.717, 1.165) is 12.8 Å². The van der Waals surface area contributed by atoms with Gasteiger partial charge in [0.25, 0.3) is 0 Å². The molecule has 0 aromatic heterocycles. The van der Waals surface area contributed by atoms with Gasteiger partial charge in [0, 0.05) is 0 Å². The molecule has 0 atom stereocenters. The molecule has 0 spiro atoms. The van der Waals surface area contributed by atoms with Gasteiger partial charge in [0.1, 0.15) is 0 Å². The molecule has 0 aliphatic heterocycles. The van der Waals surface area contributed by atoms with Crippen molar-refractivity contribution in [2.45, 2.75) is 118 Å². The van der Waals surface area contributed by atoms with Crippen molar-refractivity contribution in [2.75, 3.05) is 0 Å². The summed E-state index contributed by atoms with van der Waals surface area (Å²) in [7, 11) is 0. The van der Waals surface area contributed by atoms with Gasteiger partial charge >= 0.3 is 26.2 Å². The van der Waals surface area contributed by atoms with E-state index in [1.807, 2.05) is 0 Å². The summed E-state index contributed by atoms with van der Waals surface area (Å²) in [5.41, 5.74) is 11.3. The topological polar surface area (TPSA) is 0 Å². The largest absolute Gasteiger partial charge is 2.00 e. The summed E-state index contributed by atoms with van der Waals surface area (Å²) in [6.45, 7) is 9.05. The van der Waals surface area contributed by atoms with Crippen molar-refractivity contribution in [1.82, 2.24) is 0 Å². The van der Waals surface area contributed by atoms with Crippen LogP contribution in [0.5, 0.6) is 0 Å². The molecule has 2 aromatic carbocycles. The van der Waals surface area contributed by atoms with E-state index in [1.54, 1.807) is 0 Å². The molecular weight excluding hydrogens is 548 g/mol. The molecule has 0 heterocycles. The third-order valence-electron chi connectivity index (χ3n) is 7.39. The van der Waals surface area contributed by atoms with E-state index in [2.05, 4.69) is 101 Å². The van der Waals surface area contributed by atoms with Crippen molar-refractivity contribution < 1.29 is 26.2 Å². The second-order valence-electron chi connectivity index (χ2n) is 10.9. The van der Waals surface area contributed by atoms with Crippen LogP contribution in [0.3, 0.4) is 0 Å². The van der Waals surface area contributed by atoms with E-state index in [4.69, 9.17) is 0 Å². The van der Waals surface area contributed by atoms with Crippen molar-refractivity contribution in [2.24, 2.45) is 0 Å². The molecule has 0 bridgehead atoms. The molecule has 0 radical (unpaired) electrons. The van der Waals surface area contributed by atoms with Gasteiger partial charge in [0.15, 0.2) is 0 Å². The van der Waals surface area contributed by atoms with E-state index >= 15 is 0 Å². The van der Waals surface area contributed by atoms with E-state index < -0.39 is 0 Å². The van der Waals surface area contributed by atoms with E-state index in [-0.39, 0.29) is 26.2 Å². The Morgan fingerprint density at radius 3 is 1.03 bits per heavy atom. The van der Waals surface area contributed by atoms with Gasteiger partial charge in [-0.25, -0.2) is 0 Å². The van der Waals surface area contributed by atoms with Crippen LogP contribution in [0.25, 0.3) is 11.1 Å². The van der Waals surface area contributed by atoms with Crippen molar-refractivity contribution in [1.29, 1.82) is 0 Å². The van der Waals surface area contributed by atoms with Gasteiger partial charge in [-0.1, -0.05) is 101 Å². The summed E-state index contributed by atoms with van der Waals surface area (Å²) in [5.74, 6) is 0. The number of unbranched alkanes of at least 4 members (excludes halogenated alkanes) is 4. The fraction of sp³-hybridized carbons (Fsp3) is 0.474. The minimum atomic E-state index is 0. The molecule has 2 aliphatic rings. The Balaban J connectivity index is 0.000000267. The fourth-order valence-corrected chi connectivity index (χ4v) is 5.14. The van der Waals surface area contributed by atoms with Crippen LogP contribution < -0.4 is 0 Å². The van der Waals surface area contributed by atoms with E-state index in [0.29, 0.717) is 0 Å². The molecule has 2 aliphatic carbocycles. The van der Waals surface area contributed by atoms with Gasteiger partial charge in [-0.15, -0.1) is 47.5 Å². The maximum atomic E-state index is 3.45. The van der Waals surface area contributed by atoms with Gasteiger partial charge in [0.2, 0.25) is 0 Å². The molecule has 0 saturated heterocycles. The quantitative estimate of drug-likeness (QED) is 0.190. The summed E-state index contributed by atoms with van der Waals surface area (Å²) >= 11 is 0. The molecule has 2 aromatic rings. The zero-order chi connectivity index (χ0) is 27.0. The van der Waals surface area contributed by atoms with Gasteiger partial charge in [0.05, 0.1) is 0 Å². The van der Waals surface area contributed by atoms with E-state index in [1.165, 1.54) is 122 Å². The molecule has 0 unspecified atom stereocenters. The third-order valence-corrected chi connectivity index (χ3v) is 7.39. The number of aryl methyl sites for hydroxylation is 4. The smallest absolute Gasteiger partial charge is 0.197 e. The SMILES string of the molecule is CCCCc1cc(CCCC)cc(C2=[C-]CC=C2)c1.CCCCc1cc(CCCC)cc(C2=[C-]CC=C2)c1.[Zr+2]. The molecule has 4 rings (SSSR count). The molecule has 206 valence electrons. The van der Waals surface area contributed by atoms with Crippen LogP contribution in [-0.4, -0.2) is 0 Å². The third kappa shape index (κ3) is 11.7. The van der Waals surface area contributed by atoms with Crippen molar-refractivity contribution >= 4 is 11.1 Å². The molecule has 39 heavy (non-hydrogen) atoms. The zero-order valence-electron chi connectivity index (χ0n) is 25.2. The van der Waals surface area contributed by atoms with Crippen LogP contribution in [0.4, 0.5) is 0 Å². The van der Waals surface area contributed by atoms with Gasteiger partial charge in [-0.3, -0.25) is 0 Å². The minimum Gasteiger partial charge on any atom is -0.197 e. The van der Waals surface area contributed by atoms with Crippen molar-refractivity contribution in [3.05, 3.63) is 106 Å².